The molecule has 0 saturated heterocycles. The second-order valence-electron chi connectivity index (χ2n) is 5.58. The van der Waals surface area contributed by atoms with Crippen LogP contribution in [0.1, 0.15) is 59.3 Å². The summed E-state index contributed by atoms with van der Waals surface area (Å²) in [6.45, 7) is 7.67. The summed E-state index contributed by atoms with van der Waals surface area (Å²) in [7, 11) is 0. The lowest BCUT2D eigenvalue weighted by molar-refractivity contribution is -0.138. The predicted molar refractivity (Wildman–Crippen MR) is 83.3 cm³/mol. The zero-order valence-corrected chi connectivity index (χ0v) is 13.2. The molecule has 1 atom stereocenters. The molecular weight excluding hydrogens is 250 g/mol. The number of ether oxygens (including phenoxy) is 1. The van der Waals surface area contributed by atoms with Crippen LogP contribution in [0.3, 0.4) is 0 Å². The number of nitrogens with one attached hydrogen (secondary N) is 1. The first-order valence-corrected chi connectivity index (χ1v) is 7.92. The lowest BCUT2D eigenvalue weighted by atomic mass is 9.92. The van der Waals surface area contributed by atoms with Gasteiger partial charge in [0.15, 0.2) is 0 Å². The standard InChI is InChI=1S/C17H29NO2/c1-4-7-15-10-11-18-13-16(17(19)20-5-2)9-6-8-14(3)12-15/h8,13,15,18H,4-7,9-12H2,1-3H3/b14-8+,16-13+. The van der Waals surface area contributed by atoms with Crippen molar-refractivity contribution < 1.29 is 9.53 Å². The molecule has 1 heterocycles. The minimum atomic E-state index is -0.185. The van der Waals surface area contributed by atoms with Crippen molar-refractivity contribution in [3.05, 3.63) is 23.4 Å². The Morgan fingerprint density at radius 1 is 1.45 bits per heavy atom. The van der Waals surface area contributed by atoms with Gasteiger partial charge in [0.05, 0.1) is 12.2 Å². The Hall–Kier alpha value is -1.25. The molecule has 0 radical (unpaired) electrons. The number of allylic oxidation sites excluding steroid dienone is 2. The molecule has 0 bridgehead atoms. The first-order chi connectivity index (χ1) is 9.67. The van der Waals surface area contributed by atoms with Gasteiger partial charge in [-0.1, -0.05) is 31.4 Å². The van der Waals surface area contributed by atoms with Crippen molar-refractivity contribution in [2.24, 2.45) is 5.92 Å². The van der Waals surface area contributed by atoms with Gasteiger partial charge in [-0.2, -0.15) is 0 Å². The van der Waals surface area contributed by atoms with Gasteiger partial charge in [0, 0.05) is 12.7 Å². The predicted octanol–water partition coefficient (Wildman–Crippen LogP) is 3.96. The Morgan fingerprint density at radius 3 is 2.95 bits per heavy atom. The van der Waals surface area contributed by atoms with E-state index in [1.54, 1.807) is 0 Å². The lowest BCUT2D eigenvalue weighted by Crippen LogP contribution is -2.16. The first-order valence-electron chi connectivity index (χ1n) is 7.92. The van der Waals surface area contributed by atoms with Crippen molar-refractivity contribution in [1.29, 1.82) is 0 Å². The summed E-state index contributed by atoms with van der Waals surface area (Å²) in [5.41, 5.74) is 2.21. The van der Waals surface area contributed by atoms with Crippen LogP contribution in [0.15, 0.2) is 23.4 Å². The highest BCUT2D eigenvalue weighted by molar-refractivity contribution is 5.88. The number of hydrogen-bond donors (Lipinski definition) is 1. The molecule has 114 valence electrons. The zero-order valence-electron chi connectivity index (χ0n) is 13.2. The van der Waals surface area contributed by atoms with Crippen LogP contribution in [0.4, 0.5) is 0 Å². The van der Waals surface area contributed by atoms with Gasteiger partial charge in [0.25, 0.3) is 0 Å². The second kappa shape index (κ2) is 9.62. The molecule has 0 spiro atoms. The van der Waals surface area contributed by atoms with Crippen LogP contribution < -0.4 is 5.32 Å². The van der Waals surface area contributed by atoms with Crippen LogP contribution in [0.5, 0.6) is 0 Å². The van der Waals surface area contributed by atoms with E-state index in [0.29, 0.717) is 6.61 Å². The van der Waals surface area contributed by atoms with Crippen LogP contribution in [-0.4, -0.2) is 19.1 Å². The van der Waals surface area contributed by atoms with Crippen LogP contribution in [0.2, 0.25) is 0 Å². The van der Waals surface area contributed by atoms with Gasteiger partial charge in [-0.05, 0) is 45.4 Å². The average Bonchev–Trinajstić information content (AvgIpc) is 2.44. The fraction of sp³-hybridized carbons (Fsp3) is 0.706. The lowest BCUT2D eigenvalue weighted by Gasteiger charge is -2.16. The van der Waals surface area contributed by atoms with E-state index in [1.807, 2.05) is 13.1 Å². The van der Waals surface area contributed by atoms with Gasteiger partial charge in [-0.3, -0.25) is 0 Å². The third kappa shape index (κ3) is 6.27. The van der Waals surface area contributed by atoms with Gasteiger partial charge < -0.3 is 10.1 Å². The van der Waals surface area contributed by atoms with E-state index in [-0.39, 0.29) is 5.97 Å². The molecule has 0 saturated carbocycles. The smallest absolute Gasteiger partial charge is 0.335 e. The summed E-state index contributed by atoms with van der Waals surface area (Å²) >= 11 is 0. The molecule has 0 amide bonds. The molecule has 0 aromatic heterocycles. The van der Waals surface area contributed by atoms with Crippen molar-refractivity contribution in [1.82, 2.24) is 5.32 Å². The van der Waals surface area contributed by atoms with E-state index < -0.39 is 0 Å². The second-order valence-corrected chi connectivity index (χ2v) is 5.58. The third-order valence-corrected chi connectivity index (χ3v) is 3.72. The Balaban J connectivity index is 2.68. The average molecular weight is 279 g/mol. The van der Waals surface area contributed by atoms with Crippen LogP contribution in [0.25, 0.3) is 0 Å². The zero-order chi connectivity index (χ0) is 14.8. The van der Waals surface area contributed by atoms with E-state index in [9.17, 15) is 4.79 Å². The Bertz CT molecular complexity index is 358. The Morgan fingerprint density at radius 2 is 2.25 bits per heavy atom. The molecule has 0 aliphatic carbocycles. The van der Waals surface area contributed by atoms with Crippen molar-refractivity contribution in [2.75, 3.05) is 13.2 Å². The van der Waals surface area contributed by atoms with Crippen LogP contribution in [0, 0.1) is 5.92 Å². The highest BCUT2D eigenvalue weighted by Crippen LogP contribution is 2.22. The Kier molecular flexibility index (Phi) is 8.08. The summed E-state index contributed by atoms with van der Waals surface area (Å²) in [5.74, 6) is 0.566. The summed E-state index contributed by atoms with van der Waals surface area (Å²) < 4.78 is 5.10. The molecule has 1 rings (SSSR count). The maximum atomic E-state index is 11.8. The van der Waals surface area contributed by atoms with E-state index in [1.165, 1.54) is 24.8 Å². The van der Waals surface area contributed by atoms with Gasteiger partial charge in [-0.25, -0.2) is 4.79 Å². The summed E-state index contributed by atoms with van der Waals surface area (Å²) in [6.07, 6.45) is 10.7. The quantitative estimate of drug-likeness (QED) is 0.625. The molecule has 0 fully saturated rings. The molecule has 0 aromatic carbocycles. The topological polar surface area (TPSA) is 38.3 Å². The van der Waals surface area contributed by atoms with Gasteiger partial charge in [0.1, 0.15) is 0 Å². The van der Waals surface area contributed by atoms with Crippen molar-refractivity contribution in [2.45, 2.75) is 59.3 Å². The molecule has 0 aromatic rings. The molecular formula is C17H29NO2. The maximum Gasteiger partial charge on any atom is 0.335 e. The number of esters is 1. The van der Waals surface area contributed by atoms with Crippen molar-refractivity contribution in [3.8, 4) is 0 Å². The summed E-state index contributed by atoms with van der Waals surface area (Å²) in [6, 6.07) is 0. The normalized spacial score (nSPS) is 26.2. The molecule has 3 heteroatoms. The number of rotatable bonds is 4. The van der Waals surface area contributed by atoms with Crippen molar-refractivity contribution in [3.63, 3.8) is 0 Å². The van der Waals surface area contributed by atoms with Crippen LogP contribution >= 0.6 is 0 Å². The SMILES string of the molecule is CCCC1CCN/C=C(/C(=O)OCC)CC/C=C(\C)C1. The summed E-state index contributed by atoms with van der Waals surface area (Å²) in [5, 5.41) is 3.29. The third-order valence-electron chi connectivity index (χ3n) is 3.72. The maximum absolute atomic E-state index is 11.8. The summed E-state index contributed by atoms with van der Waals surface area (Å²) in [4.78, 5) is 11.8. The largest absolute Gasteiger partial charge is 0.463 e. The molecule has 20 heavy (non-hydrogen) atoms. The fourth-order valence-corrected chi connectivity index (χ4v) is 2.71. The highest BCUT2D eigenvalue weighted by atomic mass is 16.5. The number of hydrogen-bond acceptors (Lipinski definition) is 3. The number of carbonyl (C=O) groups is 1. The number of carbonyl (C=O) groups excluding carboxylic acids is 1. The van der Waals surface area contributed by atoms with Gasteiger partial charge >= 0.3 is 5.97 Å². The Labute approximate surface area is 123 Å². The minimum absolute atomic E-state index is 0.185. The van der Waals surface area contributed by atoms with E-state index in [4.69, 9.17) is 4.74 Å². The van der Waals surface area contributed by atoms with E-state index >= 15 is 0 Å². The van der Waals surface area contributed by atoms with Gasteiger partial charge in [-0.15, -0.1) is 0 Å². The van der Waals surface area contributed by atoms with E-state index in [2.05, 4.69) is 25.2 Å². The molecule has 1 unspecified atom stereocenters. The fourth-order valence-electron chi connectivity index (χ4n) is 2.71. The monoisotopic (exact) mass is 279 g/mol. The van der Waals surface area contributed by atoms with Gasteiger partial charge in [0.2, 0.25) is 0 Å². The highest BCUT2D eigenvalue weighted by Gasteiger charge is 2.12. The molecule has 3 nitrogen and oxygen atoms in total. The molecule has 1 N–H and O–H groups in total. The minimum Gasteiger partial charge on any atom is -0.463 e. The molecule has 1 aliphatic rings. The first kappa shape index (κ1) is 16.8. The van der Waals surface area contributed by atoms with E-state index in [0.717, 1.165) is 37.3 Å². The van der Waals surface area contributed by atoms with Crippen LogP contribution in [-0.2, 0) is 9.53 Å². The molecule has 1 aliphatic heterocycles. The van der Waals surface area contributed by atoms with Crippen molar-refractivity contribution >= 4 is 5.97 Å².